The molecule has 25 heavy (non-hydrogen) atoms. The number of anilines is 1. The molecule has 1 aliphatic heterocycles. The fraction of sp³-hybridized carbons (Fsp3) is 0.471. The van der Waals surface area contributed by atoms with Gasteiger partial charge in [-0.25, -0.2) is 9.59 Å². The summed E-state index contributed by atoms with van der Waals surface area (Å²) in [5.41, 5.74) is -0.327. The highest BCUT2D eigenvalue weighted by molar-refractivity contribution is 6.03. The molecule has 0 bridgehead atoms. The van der Waals surface area contributed by atoms with Gasteiger partial charge in [0, 0.05) is 14.1 Å². The molecule has 0 atom stereocenters. The van der Waals surface area contributed by atoms with E-state index in [0.717, 1.165) is 0 Å². The second-order valence-corrected chi connectivity index (χ2v) is 6.25. The van der Waals surface area contributed by atoms with Crippen molar-refractivity contribution in [3.05, 3.63) is 23.8 Å². The van der Waals surface area contributed by atoms with Crippen molar-refractivity contribution in [2.24, 2.45) is 0 Å². The number of methoxy groups -OCH3 is 1. The number of amides is 2. The van der Waals surface area contributed by atoms with E-state index in [-0.39, 0.29) is 19.1 Å². The molecule has 0 saturated carbocycles. The Hall–Kier alpha value is -2.77. The van der Waals surface area contributed by atoms with Crippen molar-refractivity contribution in [3.63, 3.8) is 0 Å². The number of carbonyl (C=O) groups excluding carboxylic acids is 3. The van der Waals surface area contributed by atoms with Crippen molar-refractivity contribution in [3.8, 4) is 5.75 Å². The van der Waals surface area contributed by atoms with Crippen LogP contribution in [-0.4, -0.2) is 62.8 Å². The molecule has 0 aliphatic carbocycles. The Bertz CT molecular complexity index is 698. The summed E-state index contributed by atoms with van der Waals surface area (Å²) in [6.07, 6.45) is -0.497. The van der Waals surface area contributed by atoms with Gasteiger partial charge in [-0.15, -0.1) is 0 Å². The monoisotopic (exact) mass is 350 g/mol. The van der Waals surface area contributed by atoms with E-state index in [0.29, 0.717) is 17.0 Å². The zero-order valence-corrected chi connectivity index (χ0v) is 15.0. The molecule has 0 radical (unpaired) electrons. The number of ether oxygens (including phenoxy) is 3. The van der Waals surface area contributed by atoms with Crippen LogP contribution < -0.4 is 9.64 Å². The Labute approximate surface area is 146 Å². The molecule has 8 nitrogen and oxygen atoms in total. The largest absolute Gasteiger partial charge is 0.476 e. The van der Waals surface area contributed by atoms with Crippen LogP contribution in [0.25, 0.3) is 0 Å². The van der Waals surface area contributed by atoms with Gasteiger partial charge in [0.15, 0.2) is 5.60 Å². The summed E-state index contributed by atoms with van der Waals surface area (Å²) in [6.45, 7) is 3.47. The Morgan fingerprint density at radius 1 is 1.28 bits per heavy atom. The number of hydrogen-bond donors (Lipinski definition) is 0. The average Bonchev–Trinajstić information content (AvgIpc) is 2.56. The summed E-state index contributed by atoms with van der Waals surface area (Å²) in [5.74, 6) is -0.335. The SMILES string of the molecule is COC(=O)c1ccc2c(c1)N(CCOC(=O)N(C)C)C(=O)C(C)(C)O2. The van der Waals surface area contributed by atoms with E-state index in [9.17, 15) is 14.4 Å². The van der Waals surface area contributed by atoms with Crippen LogP contribution in [0.15, 0.2) is 18.2 Å². The Balaban J connectivity index is 2.29. The molecule has 0 spiro atoms. The fourth-order valence-corrected chi connectivity index (χ4v) is 2.39. The number of hydrogen-bond acceptors (Lipinski definition) is 6. The molecule has 1 heterocycles. The van der Waals surface area contributed by atoms with Crippen LogP contribution in [-0.2, 0) is 14.3 Å². The number of carbonyl (C=O) groups is 3. The molecular weight excluding hydrogens is 328 g/mol. The van der Waals surface area contributed by atoms with Crippen molar-refractivity contribution in [2.75, 3.05) is 39.3 Å². The molecule has 8 heteroatoms. The van der Waals surface area contributed by atoms with Crippen LogP contribution >= 0.6 is 0 Å². The lowest BCUT2D eigenvalue weighted by molar-refractivity contribution is -0.132. The van der Waals surface area contributed by atoms with Gasteiger partial charge < -0.3 is 24.0 Å². The zero-order valence-electron chi connectivity index (χ0n) is 15.0. The Morgan fingerprint density at radius 3 is 2.56 bits per heavy atom. The Kier molecular flexibility index (Phi) is 5.20. The van der Waals surface area contributed by atoms with Gasteiger partial charge in [-0.2, -0.15) is 0 Å². The molecule has 1 aromatic carbocycles. The van der Waals surface area contributed by atoms with Crippen molar-refractivity contribution < 1.29 is 28.6 Å². The van der Waals surface area contributed by atoms with Gasteiger partial charge in [0.2, 0.25) is 0 Å². The molecule has 136 valence electrons. The van der Waals surface area contributed by atoms with E-state index in [1.807, 2.05) is 0 Å². The molecule has 1 aliphatic rings. The minimum absolute atomic E-state index is 0.0146. The molecule has 0 fully saturated rings. The Morgan fingerprint density at radius 2 is 1.96 bits per heavy atom. The highest BCUT2D eigenvalue weighted by atomic mass is 16.6. The maximum absolute atomic E-state index is 12.7. The number of nitrogens with zero attached hydrogens (tertiary/aromatic N) is 2. The van der Waals surface area contributed by atoms with E-state index in [4.69, 9.17) is 14.2 Å². The summed E-state index contributed by atoms with van der Waals surface area (Å²) in [4.78, 5) is 38.7. The molecule has 2 rings (SSSR count). The summed E-state index contributed by atoms with van der Waals surface area (Å²) < 4.78 is 15.5. The lowest BCUT2D eigenvalue weighted by atomic mass is 10.0. The minimum atomic E-state index is -1.06. The first-order valence-electron chi connectivity index (χ1n) is 7.75. The van der Waals surface area contributed by atoms with Crippen molar-refractivity contribution in [1.29, 1.82) is 0 Å². The average molecular weight is 350 g/mol. The summed E-state index contributed by atoms with van der Waals surface area (Å²) in [5, 5.41) is 0. The molecule has 1 aromatic rings. The first-order valence-corrected chi connectivity index (χ1v) is 7.75. The van der Waals surface area contributed by atoms with Gasteiger partial charge in [0.05, 0.1) is 24.9 Å². The number of benzene rings is 1. The second kappa shape index (κ2) is 7.00. The van der Waals surface area contributed by atoms with Crippen molar-refractivity contribution in [2.45, 2.75) is 19.4 Å². The molecular formula is C17H22N2O6. The van der Waals surface area contributed by atoms with Crippen LogP contribution in [0.5, 0.6) is 5.75 Å². The zero-order chi connectivity index (χ0) is 18.8. The molecule has 0 N–H and O–H groups in total. The fourth-order valence-electron chi connectivity index (χ4n) is 2.39. The standard InChI is InChI=1S/C17H22N2O6/c1-17(2)15(21)19(8-9-24-16(22)18(3)4)12-10-11(14(20)23-5)6-7-13(12)25-17/h6-7,10H,8-9H2,1-5H3. The van der Waals surface area contributed by atoms with E-state index >= 15 is 0 Å². The predicted molar refractivity (Wildman–Crippen MR) is 89.9 cm³/mol. The van der Waals surface area contributed by atoms with Gasteiger partial charge in [-0.3, -0.25) is 4.79 Å². The number of fused-ring (bicyclic) bond motifs is 1. The van der Waals surface area contributed by atoms with Gasteiger partial charge in [-0.05, 0) is 32.0 Å². The normalized spacial score (nSPS) is 15.1. The van der Waals surface area contributed by atoms with Crippen LogP contribution in [0.2, 0.25) is 0 Å². The summed E-state index contributed by atoms with van der Waals surface area (Å²) >= 11 is 0. The topological polar surface area (TPSA) is 85.4 Å². The molecule has 0 aromatic heterocycles. The minimum Gasteiger partial charge on any atom is -0.476 e. The number of esters is 1. The van der Waals surface area contributed by atoms with Gasteiger partial charge >= 0.3 is 12.1 Å². The molecule has 0 unspecified atom stereocenters. The van der Waals surface area contributed by atoms with E-state index in [2.05, 4.69) is 0 Å². The third-order valence-corrected chi connectivity index (χ3v) is 3.70. The van der Waals surface area contributed by atoms with Gasteiger partial charge in [0.1, 0.15) is 12.4 Å². The lowest BCUT2D eigenvalue weighted by Gasteiger charge is -2.38. The first kappa shape index (κ1) is 18.6. The first-order chi connectivity index (χ1) is 11.7. The maximum atomic E-state index is 12.7. The van der Waals surface area contributed by atoms with Crippen LogP contribution in [0.4, 0.5) is 10.5 Å². The van der Waals surface area contributed by atoms with E-state index < -0.39 is 17.7 Å². The summed E-state index contributed by atoms with van der Waals surface area (Å²) in [6, 6.07) is 4.72. The maximum Gasteiger partial charge on any atom is 0.409 e. The highest BCUT2D eigenvalue weighted by Crippen LogP contribution is 2.38. The quantitative estimate of drug-likeness (QED) is 0.768. The van der Waals surface area contributed by atoms with E-state index in [1.165, 1.54) is 23.0 Å². The summed E-state index contributed by atoms with van der Waals surface area (Å²) in [7, 11) is 4.43. The second-order valence-electron chi connectivity index (χ2n) is 6.25. The molecule has 2 amide bonds. The molecule has 0 saturated heterocycles. The van der Waals surface area contributed by atoms with Gasteiger partial charge in [-0.1, -0.05) is 0 Å². The van der Waals surface area contributed by atoms with Crippen molar-refractivity contribution >= 4 is 23.7 Å². The smallest absolute Gasteiger partial charge is 0.409 e. The predicted octanol–water partition coefficient (Wildman–Crippen LogP) is 1.68. The van der Waals surface area contributed by atoms with Crippen LogP contribution in [0, 0.1) is 0 Å². The lowest BCUT2D eigenvalue weighted by Crippen LogP contribution is -2.53. The van der Waals surface area contributed by atoms with Crippen LogP contribution in [0.1, 0.15) is 24.2 Å². The van der Waals surface area contributed by atoms with Gasteiger partial charge in [0.25, 0.3) is 5.91 Å². The van der Waals surface area contributed by atoms with E-state index in [1.54, 1.807) is 40.1 Å². The highest BCUT2D eigenvalue weighted by Gasteiger charge is 2.41. The third-order valence-electron chi connectivity index (χ3n) is 3.70. The van der Waals surface area contributed by atoms with Crippen molar-refractivity contribution in [1.82, 2.24) is 4.90 Å². The number of rotatable bonds is 4. The third kappa shape index (κ3) is 3.84. The van der Waals surface area contributed by atoms with Crippen LogP contribution in [0.3, 0.4) is 0 Å².